The van der Waals surface area contributed by atoms with Crippen LogP contribution in [0.4, 0.5) is 5.69 Å². The normalized spacial score (nSPS) is 10.1. The molecular weight excluding hydrogens is 272 g/mol. The predicted octanol–water partition coefficient (Wildman–Crippen LogP) is 3.00. The standard InChI is InChI=1S/C11H9BrN2O2/c1-7-2-3-8(6-9(7)12)13-11(15)10-4-5-16-14-10/h2-6H,1H3,(H,13,15). The molecule has 0 spiro atoms. The van der Waals surface area contributed by atoms with Crippen LogP contribution in [-0.2, 0) is 0 Å². The second-order valence-corrected chi connectivity index (χ2v) is 4.16. The lowest BCUT2D eigenvalue weighted by Gasteiger charge is -2.04. The van der Waals surface area contributed by atoms with E-state index in [2.05, 4.69) is 30.9 Å². The molecule has 0 saturated heterocycles. The molecule has 0 saturated carbocycles. The molecule has 5 heteroatoms. The fraction of sp³-hybridized carbons (Fsp3) is 0.0909. The summed E-state index contributed by atoms with van der Waals surface area (Å²) in [6.07, 6.45) is 1.36. The predicted molar refractivity (Wildman–Crippen MR) is 63.3 cm³/mol. The lowest BCUT2D eigenvalue weighted by Crippen LogP contribution is -2.12. The van der Waals surface area contributed by atoms with Gasteiger partial charge in [-0.15, -0.1) is 0 Å². The number of hydrogen-bond donors (Lipinski definition) is 1. The van der Waals surface area contributed by atoms with Gasteiger partial charge in [-0.25, -0.2) is 0 Å². The summed E-state index contributed by atoms with van der Waals surface area (Å²) < 4.78 is 5.55. The van der Waals surface area contributed by atoms with Crippen molar-refractivity contribution in [2.24, 2.45) is 0 Å². The fourth-order valence-corrected chi connectivity index (χ4v) is 1.57. The van der Waals surface area contributed by atoms with Crippen LogP contribution in [0.5, 0.6) is 0 Å². The molecule has 1 N–H and O–H groups in total. The zero-order valence-electron chi connectivity index (χ0n) is 8.53. The number of rotatable bonds is 2. The molecule has 2 rings (SSSR count). The first-order valence-electron chi connectivity index (χ1n) is 4.65. The zero-order chi connectivity index (χ0) is 11.5. The molecule has 0 fully saturated rings. The number of carbonyl (C=O) groups is 1. The Morgan fingerprint density at radius 1 is 1.44 bits per heavy atom. The van der Waals surface area contributed by atoms with Gasteiger partial charge in [0.25, 0.3) is 5.91 Å². The van der Waals surface area contributed by atoms with Gasteiger partial charge >= 0.3 is 0 Å². The van der Waals surface area contributed by atoms with E-state index in [9.17, 15) is 4.79 Å². The van der Waals surface area contributed by atoms with Crippen LogP contribution >= 0.6 is 15.9 Å². The number of halogens is 1. The van der Waals surface area contributed by atoms with Crippen molar-refractivity contribution in [3.8, 4) is 0 Å². The van der Waals surface area contributed by atoms with Gasteiger partial charge in [0.1, 0.15) is 6.26 Å². The lowest BCUT2D eigenvalue weighted by molar-refractivity contribution is 0.101. The van der Waals surface area contributed by atoms with Crippen LogP contribution in [0.15, 0.2) is 39.5 Å². The summed E-state index contributed by atoms with van der Waals surface area (Å²) in [5.41, 5.74) is 2.08. The summed E-state index contributed by atoms with van der Waals surface area (Å²) in [5.74, 6) is -0.287. The fourth-order valence-electron chi connectivity index (χ4n) is 1.20. The molecular formula is C11H9BrN2O2. The first kappa shape index (κ1) is 10.9. The van der Waals surface area contributed by atoms with Crippen LogP contribution in [0, 0.1) is 6.92 Å². The molecule has 0 aliphatic carbocycles. The zero-order valence-corrected chi connectivity index (χ0v) is 10.1. The largest absolute Gasteiger partial charge is 0.364 e. The smallest absolute Gasteiger partial charge is 0.277 e. The molecule has 0 atom stereocenters. The van der Waals surface area contributed by atoms with Gasteiger partial charge in [0, 0.05) is 16.2 Å². The third kappa shape index (κ3) is 2.30. The summed E-state index contributed by atoms with van der Waals surface area (Å²) in [6, 6.07) is 7.10. The van der Waals surface area contributed by atoms with Gasteiger partial charge in [-0.2, -0.15) is 0 Å². The number of benzene rings is 1. The van der Waals surface area contributed by atoms with Crippen LogP contribution in [0.25, 0.3) is 0 Å². The minimum atomic E-state index is -0.287. The van der Waals surface area contributed by atoms with E-state index in [0.29, 0.717) is 5.69 Å². The van der Waals surface area contributed by atoms with Crippen molar-refractivity contribution in [1.29, 1.82) is 0 Å². The van der Waals surface area contributed by atoms with Crippen LogP contribution < -0.4 is 5.32 Å². The van der Waals surface area contributed by atoms with Crippen LogP contribution in [0.1, 0.15) is 16.1 Å². The first-order chi connectivity index (χ1) is 7.66. The number of carbonyl (C=O) groups excluding carboxylic acids is 1. The molecule has 1 amide bonds. The van der Waals surface area contributed by atoms with Gasteiger partial charge in [0.2, 0.25) is 0 Å². The number of hydrogen-bond acceptors (Lipinski definition) is 3. The Balaban J connectivity index is 2.15. The van der Waals surface area contributed by atoms with Crippen molar-refractivity contribution < 1.29 is 9.32 Å². The highest BCUT2D eigenvalue weighted by molar-refractivity contribution is 9.10. The van der Waals surface area contributed by atoms with E-state index >= 15 is 0 Å². The summed E-state index contributed by atoms with van der Waals surface area (Å²) >= 11 is 3.40. The minimum Gasteiger partial charge on any atom is -0.364 e. The van der Waals surface area contributed by atoms with Gasteiger partial charge in [-0.05, 0) is 24.6 Å². The summed E-state index contributed by atoms with van der Waals surface area (Å²) in [5, 5.41) is 6.27. The van der Waals surface area contributed by atoms with Crippen LogP contribution in [0.2, 0.25) is 0 Å². The maximum absolute atomic E-state index is 11.6. The topological polar surface area (TPSA) is 55.1 Å². The van der Waals surface area contributed by atoms with E-state index in [4.69, 9.17) is 0 Å². The van der Waals surface area contributed by atoms with E-state index in [1.54, 1.807) is 0 Å². The lowest BCUT2D eigenvalue weighted by atomic mass is 10.2. The highest BCUT2D eigenvalue weighted by Crippen LogP contribution is 2.20. The molecule has 0 radical (unpaired) electrons. The molecule has 1 heterocycles. The van der Waals surface area contributed by atoms with Gasteiger partial charge in [-0.1, -0.05) is 27.2 Å². The molecule has 16 heavy (non-hydrogen) atoms. The Morgan fingerprint density at radius 3 is 2.88 bits per heavy atom. The van der Waals surface area contributed by atoms with E-state index in [1.807, 2.05) is 25.1 Å². The Hall–Kier alpha value is -1.62. The Labute approximate surface area is 101 Å². The monoisotopic (exact) mass is 280 g/mol. The van der Waals surface area contributed by atoms with Crippen molar-refractivity contribution in [3.05, 3.63) is 46.3 Å². The van der Waals surface area contributed by atoms with Gasteiger partial charge in [-0.3, -0.25) is 4.79 Å². The number of amides is 1. The van der Waals surface area contributed by atoms with Crippen molar-refractivity contribution in [2.75, 3.05) is 5.32 Å². The molecule has 0 aliphatic rings. The van der Waals surface area contributed by atoms with Gasteiger partial charge in [0.15, 0.2) is 5.69 Å². The highest BCUT2D eigenvalue weighted by atomic mass is 79.9. The average molecular weight is 281 g/mol. The second kappa shape index (κ2) is 4.49. The van der Waals surface area contributed by atoms with Gasteiger partial charge in [0.05, 0.1) is 0 Å². The molecule has 0 aliphatic heterocycles. The summed E-state index contributed by atoms with van der Waals surface area (Å²) in [7, 11) is 0. The third-order valence-corrected chi connectivity index (χ3v) is 2.95. The first-order valence-corrected chi connectivity index (χ1v) is 5.44. The SMILES string of the molecule is Cc1ccc(NC(=O)c2ccon2)cc1Br. The Kier molecular flexibility index (Phi) is 3.05. The number of anilines is 1. The molecule has 2 aromatic rings. The number of aromatic nitrogens is 1. The number of nitrogens with one attached hydrogen (secondary N) is 1. The maximum Gasteiger partial charge on any atom is 0.277 e. The maximum atomic E-state index is 11.6. The summed E-state index contributed by atoms with van der Waals surface area (Å²) in [4.78, 5) is 11.6. The third-order valence-electron chi connectivity index (χ3n) is 2.10. The highest BCUT2D eigenvalue weighted by Gasteiger charge is 2.09. The molecule has 0 unspecified atom stereocenters. The van der Waals surface area contributed by atoms with Crippen molar-refractivity contribution in [3.63, 3.8) is 0 Å². The quantitative estimate of drug-likeness (QED) is 0.920. The number of aryl methyl sites for hydroxylation is 1. The second-order valence-electron chi connectivity index (χ2n) is 3.30. The minimum absolute atomic E-state index is 0.261. The number of nitrogens with zero attached hydrogens (tertiary/aromatic N) is 1. The van der Waals surface area contributed by atoms with E-state index < -0.39 is 0 Å². The Morgan fingerprint density at radius 2 is 2.25 bits per heavy atom. The van der Waals surface area contributed by atoms with Crippen LogP contribution in [-0.4, -0.2) is 11.1 Å². The molecule has 82 valence electrons. The molecule has 1 aromatic heterocycles. The molecule has 1 aromatic carbocycles. The molecule has 4 nitrogen and oxygen atoms in total. The van der Waals surface area contributed by atoms with Crippen LogP contribution in [0.3, 0.4) is 0 Å². The van der Waals surface area contributed by atoms with Crippen molar-refractivity contribution in [1.82, 2.24) is 5.16 Å². The van der Waals surface area contributed by atoms with Crippen molar-refractivity contribution >= 4 is 27.5 Å². The average Bonchev–Trinajstić information content (AvgIpc) is 2.77. The Bertz CT molecular complexity index is 509. The van der Waals surface area contributed by atoms with E-state index in [1.165, 1.54) is 12.3 Å². The summed E-state index contributed by atoms with van der Waals surface area (Å²) in [6.45, 7) is 1.98. The van der Waals surface area contributed by atoms with E-state index in [-0.39, 0.29) is 11.6 Å². The van der Waals surface area contributed by atoms with E-state index in [0.717, 1.165) is 10.0 Å². The van der Waals surface area contributed by atoms with Crippen molar-refractivity contribution in [2.45, 2.75) is 6.92 Å². The molecule has 0 bridgehead atoms. The van der Waals surface area contributed by atoms with Gasteiger partial charge < -0.3 is 9.84 Å².